The van der Waals surface area contributed by atoms with Gasteiger partial charge in [0.1, 0.15) is 9.88 Å². The van der Waals surface area contributed by atoms with Crippen LogP contribution in [-0.4, -0.2) is 38.0 Å². The lowest BCUT2D eigenvalue weighted by molar-refractivity contribution is -0.122. The molecule has 8 nitrogen and oxygen atoms in total. The zero-order valence-electron chi connectivity index (χ0n) is 16.9. The van der Waals surface area contributed by atoms with E-state index in [2.05, 4.69) is 10.6 Å². The molecule has 158 valence electrons. The van der Waals surface area contributed by atoms with Gasteiger partial charge in [0.05, 0.1) is 19.8 Å². The van der Waals surface area contributed by atoms with Crippen molar-refractivity contribution in [3.63, 3.8) is 0 Å². The van der Waals surface area contributed by atoms with Crippen LogP contribution in [0.15, 0.2) is 24.3 Å². The van der Waals surface area contributed by atoms with E-state index in [1.54, 1.807) is 31.2 Å². The fraction of sp³-hybridized carbons (Fsp3) is 0.333. The summed E-state index contributed by atoms with van der Waals surface area (Å²) in [6, 6.07) is 6.77. The number of hydrogen-bond acceptors (Lipinski definition) is 7. The van der Waals surface area contributed by atoms with Crippen LogP contribution in [-0.2, 0) is 20.8 Å². The maximum Gasteiger partial charge on any atom is 0.348 e. The van der Waals surface area contributed by atoms with Crippen molar-refractivity contribution >= 4 is 40.1 Å². The summed E-state index contributed by atoms with van der Waals surface area (Å²) in [6.45, 7) is 1.99. The standard InChI is InChI=1S/C21H22N2O6S/c1-11-15(20(26)28-2)19(30-16(11)21(27)29-3)23-18(25)14-6-4-12(5-7-14)10-22-17(24)13-8-9-13/h4-7,13H,8-10H2,1-3H3,(H,22,24)(H,23,25). The lowest BCUT2D eigenvalue weighted by Crippen LogP contribution is -2.24. The second-order valence-corrected chi connectivity index (χ2v) is 7.91. The number of ether oxygens (including phenoxy) is 2. The SMILES string of the molecule is COC(=O)c1sc(NC(=O)c2ccc(CNC(=O)C3CC3)cc2)c(C(=O)OC)c1C. The Morgan fingerprint density at radius 1 is 1.03 bits per heavy atom. The number of carbonyl (C=O) groups is 4. The number of amides is 2. The van der Waals surface area contributed by atoms with Crippen molar-refractivity contribution in [1.29, 1.82) is 0 Å². The largest absolute Gasteiger partial charge is 0.465 e. The molecule has 1 heterocycles. The monoisotopic (exact) mass is 430 g/mol. The van der Waals surface area contributed by atoms with Gasteiger partial charge in [-0.2, -0.15) is 0 Å². The number of hydrogen-bond donors (Lipinski definition) is 2. The molecule has 0 radical (unpaired) electrons. The van der Waals surface area contributed by atoms with Gasteiger partial charge in [0, 0.05) is 18.0 Å². The van der Waals surface area contributed by atoms with E-state index in [9.17, 15) is 19.2 Å². The Labute approximate surface area is 177 Å². The average Bonchev–Trinajstić information content (AvgIpc) is 3.55. The highest BCUT2D eigenvalue weighted by Gasteiger charge is 2.29. The van der Waals surface area contributed by atoms with Crippen molar-refractivity contribution in [2.24, 2.45) is 5.92 Å². The van der Waals surface area contributed by atoms with E-state index in [4.69, 9.17) is 9.47 Å². The molecule has 1 saturated carbocycles. The molecule has 1 fully saturated rings. The Bertz CT molecular complexity index is 992. The molecule has 30 heavy (non-hydrogen) atoms. The zero-order valence-corrected chi connectivity index (χ0v) is 17.7. The number of thiophene rings is 1. The highest BCUT2D eigenvalue weighted by atomic mass is 32.1. The highest BCUT2D eigenvalue weighted by Crippen LogP contribution is 2.34. The topological polar surface area (TPSA) is 111 Å². The summed E-state index contributed by atoms with van der Waals surface area (Å²) in [4.78, 5) is 48.7. The van der Waals surface area contributed by atoms with E-state index in [-0.39, 0.29) is 27.3 Å². The number of methoxy groups -OCH3 is 2. The third-order valence-electron chi connectivity index (χ3n) is 4.77. The smallest absolute Gasteiger partial charge is 0.348 e. The van der Waals surface area contributed by atoms with Gasteiger partial charge < -0.3 is 20.1 Å². The Hall–Kier alpha value is -3.20. The molecule has 3 rings (SSSR count). The van der Waals surface area contributed by atoms with E-state index in [0.717, 1.165) is 29.7 Å². The summed E-state index contributed by atoms with van der Waals surface area (Å²) in [5.74, 6) is -1.49. The predicted octanol–water partition coefficient (Wildman–Crippen LogP) is 2.91. The predicted molar refractivity (Wildman–Crippen MR) is 111 cm³/mol. The van der Waals surface area contributed by atoms with Gasteiger partial charge >= 0.3 is 11.9 Å². The Morgan fingerprint density at radius 2 is 1.67 bits per heavy atom. The van der Waals surface area contributed by atoms with Crippen molar-refractivity contribution in [3.05, 3.63) is 51.4 Å². The van der Waals surface area contributed by atoms with E-state index in [0.29, 0.717) is 17.7 Å². The summed E-state index contributed by atoms with van der Waals surface area (Å²) in [6.07, 6.45) is 1.89. The first-order valence-electron chi connectivity index (χ1n) is 9.33. The minimum Gasteiger partial charge on any atom is -0.465 e. The number of benzene rings is 1. The second-order valence-electron chi connectivity index (χ2n) is 6.89. The molecule has 1 aromatic heterocycles. The molecule has 1 aliphatic carbocycles. The summed E-state index contributed by atoms with van der Waals surface area (Å²) in [5.41, 5.74) is 1.75. The van der Waals surface area contributed by atoms with Crippen LogP contribution in [0.2, 0.25) is 0 Å². The Kier molecular flexibility index (Phi) is 6.51. The van der Waals surface area contributed by atoms with Gasteiger partial charge in [0.25, 0.3) is 5.91 Å². The van der Waals surface area contributed by atoms with Crippen LogP contribution in [0.25, 0.3) is 0 Å². The molecule has 0 spiro atoms. The van der Waals surface area contributed by atoms with E-state index in [1.165, 1.54) is 14.2 Å². The van der Waals surface area contributed by atoms with E-state index < -0.39 is 17.8 Å². The molecule has 2 N–H and O–H groups in total. The summed E-state index contributed by atoms with van der Waals surface area (Å²) >= 11 is 0.954. The van der Waals surface area contributed by atoms with Crippen molar-refractivity contribution in [2.45, 2.75) is 26.3 Å². The van der Waals surface area contributed by atoms with Crippen molar-refractivity contribution in [2.75, 3.05) is 19.5 Å². The van der Waals surface area contributed by atoms with Crippen molar-refractivity contribution < 1.29 is 28.7 Å². The van der Waals surface area contributed by atoms with Crippen molar-refractivity contribution in [3.8, 4) is 0 Å². The van der Waals surface area contributed by atoms with Crippen LogP contribution in [0.5, 0.6) is 0 Å². The van der Waals surface area contributed by atoms with Gasteiger partial charge in [-0.3, -0.25) is 9.59 Å². The van der Waals surface area contributed by atoms with Gasteiger partial charge in [-0.1, -0.05) is 12.1 Å². The van der Waals surface area contributed by atoms with Crippen molar-refractivity contribution in [1.82, 2.24) is 5.32 Å². The number of anilines is 1. The van der Waals surface area contributed by atoms with Crippen LogP contribution in [0.4, 0.5) is 5.00 Å². The first-order valence-corrected chi connectivity index (χ1v) is 10.1. The molecular formula is C21H22N2O6S. The third kappa shape index (κ3) is 4.68. The number of rotatable bonds is 7. The minimum atomic E-state index is -0.657. The lowest BCUT2D eigenvalue weighted by atomic mass is 10.1. The van der Waals surface area contributed by atoms with Crippen LogP contribution in [0, 0.1) is 12.8 Å². The first-order chi connectivity index (χ1) is 14.3. The normalized spacial score (nSPS) is 12.8. The maximum absolute atomic E-state index is 12.7. The van der Waals surface area contributed by atoms with Gasteiger partial charge in [0.2, 0.25) is 5.91 Å². The first kappa shape index (κ1) is 21.5. The minimum absolute atomic E-state index is 0.0571. The maximum atomic E-state index is 12.7. The molecule has 2 aromatic rings. The van der Waals surface area contributed by atoms with Crippen LogP contribution in [0.1, 0.15) is 54.4 Å². The summed E-state index contributed by atoms with van der Waals surface area (Å²) in [5, 5.41) is 5.76. The fourth-order valence-corrected chi connectivity index (χ4v) is 3.97. The molecule has 0 atom stereocenters. The van der Waals surface area contributed by atoms with Gasteiger partial charge in [-0.05, 0) is 43.0 Å². The number of esters is 2. The molecule has 1 aliphatic rings. The van der Waals surface area contributed by atoms with E-state index >= 15 is 0 Å². The molecule has 0 unspecified atom stereocenters. The quantitative estimate of drug-likeness (QED) is 0.654. The summed E-state index contributed by atoms with van der Waals surface area (Å²) < 4.78 is 9.52. The lowest BCUT2D eigenvalue weighted by Gasteiger charge is -2.08. The van der Waals surface area contributed by atoms with Crippen LogP contribution >= 0.6 is 11.3 Å². The van der Waals surface area contributed by atoms with Gasteiger partial charge in [-0.25, -0.2) is 9.59 Å². The molecule has 0 bridgehead atoms. The Morgan fingerprint density at radius 3 is 2.23 bits per heavy atom. The number of nitrogens with one attached hydrogen (secondary N) is 2. The second kappa shape index (κ2) is 9.08. The van der Waals surface area contributed by atoms with Crippen LogP contribution in [0.3, 0.4) is 0 Å². The molecule has 1 aromatic carbocycles. The van der Waals surface area contributed by atoms with Gasteiger partial charge in [-0.15, -0.1) is 11.3 Å². The highest BCUT2D eigenvalue weighted by molar-refractivity contribution is 7.18. The Balaban J connectivity index is 1.73. The average molecular weight is 430 g/mol. The van der Waals surface area contributed by atoms with Crippen LogP contribution < -0.4 is 10.6 Å². The molecule has 9 heteroatoms. The molecular weight excluding hydrogens is 408 g/mol. The van der Waals surface area contributed by atoms with Gasteiger partial charge in [0.15, 0.2) is 0 Å². The molecule has 0 saturated heterocycles. The van der Waals surface area contributed by atoms with E-state index in [1.807, 2.05) is 0 Å². The summed E-state index contributed by atoms with van der Waals surface area (Å²) in [7, 11) is 2.47. The fourth-order valence-electron chi connectivity index (χ4n) is 2.87. The third-order valence-corrected chi connectivity index (χ3v) is 5.95. The number of carbonyl (C=O) groups excluding carboxylic acids is 4. The molecule has 2 amide bonds. The molecule has 0 aliphatic heterocycles. The zero-order chi connectivity index (χ0) is 21.8.